The average Bonchev–Trinajstić information content (AvgIpc) is 2.60. The molecule has 1 aromatic carbocycles. The van der Waals surface area contributed by atoms with E-state index in [1.54, 1.807) is 23.3 Å². The number of benzene rings is 1. The predicted molar refractivity (Wildman–Crippen MR) is 108 cm³/mol. The monoisotopic (exact) mass is 387 g/mol. The van der Waals surface area contributed by atoms with Gasteiger partial charge in [0, 0.05) is 18.4 Å². The van der Waals surface area contributed by atoms with E-state index < -0.39 is 10.0 Å². The van der Waals surface area contributed by atoms with Crippen LogP contribution in [0, 0.1) is 0 Å². The lowest BCUT2D eigenvalue weighted by Gasteiger charge is -2.29. The number of para-hydroxylation sites is 1. The van der Waals surface area contributed by atoms with Crippen molar-refractivity contribution in [3.63, 3.8) is 0 Å². The van der Waals surface area contributed by atoms with Gasteiger partial charge in [-0.2, -0.15) is 0 Å². The first-order chi connectivity index (χ1) is 12.7. The molecule has 0 saturated carbocycles. The van der Waals surface area contributed by atoms with Crippen molar-refractivity contribution in [3.05, 3.63) is 53.3 Å². The summed E-state index contributed by atoms with van der Waals surface area (Å²) in [5.74, 6) is 0.263. The molecule has 2 heterocycles. The molecular weight excluding hydrogens is 362 g/mol. The highest BCUT2D eigenvalue weighted by Gasteiger charge is 2.30. The molecular formula is C20H25N3O3S. The van der Waals surface area contributed by atoms with Crippen molar-refractivity contribution < 1.29 is 13.2 Å². The van der Waals surface area contributed by atoms with Gasteiger partial charge < -0.3 is 10.2 Å². The SMILES string of the molecule is CC(C)c1cccc(C(C)C)c1NC(=O)C1=CC=CN2CCS(=O)(=O)N=C12. The number of fused-ring (bicyclic) bond motifs is 1. The molecule has 7 heteroatoms. The summed E-state index contributed by atoms with van der Waals surface area (Å²) in [5.41, 5.74) is 3.16. The van der Waals surface area contributed by atoms with Crippen molar-refractivity contribution >= 4 is 27.5 Å². The van der Waals surface area contributed by atoms with Gasteiger partial charge in [0.2, 0.25) is 0 Å². The number of nitrogens with zero attached hydrogens (tertiary/aromatic N) is 2. The number of sulfonamides is 1. The topological polar surface area (TPSA) is 78.8 Å². The average molecular weight is 388 g/mol. The van der Waals surface area contributed by atoms with E-state index in [2.05, 4.69) is 37.4 Å². The van der Waals surface area contributed by atoms with Crippen molar-refractivity contribution in [2.45, 2.75) is 39.5 Å². The van der Waals surface area contributed by atoms with Crippen LogP contribution < -0.4 is 5.32 Å². The number of hydrogen-bond acceptors (Lipinski definition) is 4. The van der Waals surface area contributed by atoms with Crippen molar-refractivity contribution in [3.8, 4) is 0 Å². The molecule has 1 N–H and O–H groups in total. The van der Waals surface area contributed by atoms with Crippen molar-refractivity contribution in [1.29, 1.82) is 0 Å². The predicted octanol–water partition coefficient (Wildman–Crippen LogP) is 3.37. The van der Waals surface area contributed by atoms with Crippen LogP contribution in [0.25, 0.3) is 0 Å². The molecule has 27 heavy (non-hydrogen) atoms. The Kier molecular flexibility index (Phi) is 5.24. The first-order valence-corrected chi connectivity index (χ1v) is 10.7. The fourth-order valence-electron chi connectivity index (χ4n) is 3.27. The van der Waals surface area contributed by atoms with Crippen LogP contribution in [0.15, 0.2) is 46.5 Å². The quantitative estimate of drug-likeness (QED) is 0.859. The molecule has 1 amide bonds. The standard InChI is InChI=1S/C20H25N3O3S/c1-13(2)15-7-5-8-16(14(3)4)18(15)21-20(24)17-9-6-10-23-11-12-27(25,26)22-19(17)23/h5-10,13-14H,11-12H2,1-4H3,(H,21,24). The molecule has 0 spiro atoms. The van der Waals surface area contributed by atoms with Crippen molar-refractivity contribution in [2.75, 3.05) is 17.6 Å². The van der Waals surface area contributed by atoms with E-state index in [-0.39, 0.29) is 34.9 Å². The number of allylic oxidation sites excluding steroid dienone is 2. The Balaban J connectivity index is 2.00. The Bertz CT molecular complexity index is 930. The molecule has 6 nitrogen and oxygen atoms in total. The van der Waals surface area contributed by atoms with Gasteiger partial charge in [-0.25, -0.2) is 8.42 Å². The zero-order chi connectivity index (χ0) is 19.8. The van der Waals surface area contributed by atoms with Crippen LogP contribution in [0.3, 0.4) is 0 Å². The lowest BCUT2D eigenvalue weighted by atomic mass is 9.92. The number of anilines is 1. The van der Waals surface area contributed by atoms with Crippen LogP contribution >= 0.6 is 0 Å². The van der Waals surface area contributed by atoms with E-state index in [1.807, 2.05) is 18.2 Å². The first kappa shape index (κ1) is 19.4. The maximum atomic E-state index is 13.1. The third kappa shape index (κ3) is 3.98. The van der Waals surface area contributed by atoms with E-state index >= 15 is 0 Å². The second-order valence-electron chi connectivity index (χ2n) is 7.39. The maximum Gasteiger partial charge on any atom is 0.259 e. The Morgan fingerprint density at radius 2 is 1.78 bits per heavy atom. The van der Waals surface area contributed by atoms with Gasteiger partial charge in [0.05, 0.1) is 11.3 Å². The minimum Gasteiger partial charge on any atom is -0.331 e. The largest absolute Gasteiger partial charge is 0.331 e. The Labute approximate surface area is 160 Å². The van der Waals surface area contributed by atoms with Gasteiger partial charge in [-0.3, -0.25) is 4.79 Å². The van der Waals surface area contributed by atoms with E-state index in [0.29, 0.717) is 6.54 Å². The van der Waals surface area contributed by atoms with Crippen molar-refractivity contribution in [2.24, 2.45) is 4.40 Å². The van der Waals surface area contributed by atoms with Gasteiger partial charge in [-0.15, -0.1) is 4.40 Å². The molecule has 0 unspecified atom stereocenters. The fourth-order valence-corrected chi connectivity index (χ4v) is 4.26. The Morgan fingerprint density at radius 1 is 1.15 bits per heavy atom. The molecule has 1 aromatic rings. The molecule has 0 saturated heterocycles. The molecule has 144 valence electrons. The highest BCUT2D eigenvalue weighted by atomic mass is 32.2. The second-order valence-corrected chi connectivity index (χ2v) is 9.15. The van der Waals surface area contributed by atoms with Crippen LogP contribution in [0.1, 0.15) is 50.7 Å². The number of amidine groups is 1. The maximum absolute atomic E-state index is 13.1. The van der Waals surface area contributed by atoms with E-state index in [4.69, 9.17) is 0 Å². The number of rotatable bonds is 4. The van der Waals surface area contributed by atoms with Crippen LogP contribution in [0.5, 0.6) is 0 Å². The van der Waals surface area contributed by atoms with Crippen LogP contribution in [0.2, 0.25) is 0 Å². The molecule has 0 atom stereocenters. The Morgan fingerprint density at radius 3 is 2.37 bits per heavy atom. The summed E-state index contributed by atoms with van der Waals surface area (Å²) in [7, 11) is -3.54. The van der Waals surface area contributed by atoms with Gasteiger partial charge in [0.1, 0.15) is 0 Å². The molecule has 0 aromatic heterocycles. The number of hydrogen-bond donors (Lipinski definition) is 1. The summed E-state index contributed by atoms with van der Waals surface area (Å²) >= 11 is 0. The third-order valence-electron chi connectivity index (χ3n) is 4.71. The summed E-state index contributed by atoms with van der Waals surface area (Å²) in [4.78, 5) is 14.8. The summed E-state index contributed by atoms with van der Waals surface area (Å²) < 4.78 is 27.7. The zero-order valence-corrected chi connectivity index (χ0v) is 16.9. The molecule has 2 aliphatic heterocycles. The number of carbonyl (C=O) groups is 1. The number of amides is 1. The summed E-state index contributed by atoms with van der Waals surface area (Å²) in [6.07, 6.45) is 5.09. The summed E-state index contributed by atoms with van der Waals surface area (Å²) in [5, 5.41) is 3.03. The molecule has 0 aliphatic carbocycles. The van der Waals surface area contributed by atoms with E-state index in [9.17, 15) is 13.2 Å². The van der Waals surface area contributed by atoms with Crippen LogP contribution in [0.4, 0.5) is 5.69 Å². The molecule has 0 fully saturated rings. The first-order valence-electron chi connectivity index (χ1n) is 9.12. The van der Waals surface area contributed by atoms with Gasteiger partial charge in [-0.05, 0) is 35.1 Å². The third-order valence-corrected chi connectivity index (χ3v) is 5.86. The highest BCUT2D eigenvalue weighted by Crippen LogP contribution is 2.33. The Hall–Kier alpha value is -2.41. The summed E-state index contributed by atoms with van der Waals surface area (Å²) in [6, 6.07) is 6.02. The minimum absolute atomic E-state index is 0.0522. The van der Waals surface area contributed by atoms with Crippen molar-refractivity contribution in [1.82, 2.24) is 4.90 Å². The normalized spacial score (nSPS) is 18.2. The fraction of sp³-hybridized carbons (Fsp3) is 0.400. The minimum atomic E-state index is -3.54. The lowest BCUT2D eigenvalue weighted by Crippen LogP contribution is -2.41. The highest BCUT2D eigenvalue weighted by molar-refractivity contribution is 7.90. The molecule has 0 bridgehead atoms. The molecule has 0 radical (unpaired) electrons. The number of carbonyl (C=O) groups excluding carboxylic acids is 1. The lowest BCUT2D eigenvalue weighted by molar-refractivity contribution is -0.112. The second kappa shape index (κ2) is 7.31. The van der Waals surface area contributed by atoms with Crippen LogP contribution in [-0.2, 0) is 14.8 Å². The van der Waals surface area contributed by atoms with E-state index in [0.717, 1.165) is 16.8 Å². The zero-order valence-electron chi connectivity index (χ0n) is 16.1. The van der Waals surface area contributed by atoms with Gasteiger partial charge in [-0.1, -0.05) is 45.9 Å². The smallest absolute Gasteiger partial charge is 0.259 e. The number of nitrogens with one attached hydrogen (secondary N) is 1. The molecule has 2 aliphatic rings. The van der Waals surface area contributed by atoms with Gasteiger partial charge in [0.25, 0.3) is 15.9 Å². The van der Waals surface area contributed by atoms with Crippen LogP contribution in [-0.4, -0.2) is 37.4 Å². The molecule has 3 rings (SSSR count). The van der Waals surface area contributed by atoms with E-state index in [1.165, 1.54) is 0 Å². The summed E-state index contributed by atoms with van der Waals surface area (Å²) in [6.45, 7) is 8.62. The van der Waals surface area contributed by atoms with Gasteiger partial charge >= 0.3 is 0 Å². The van der Waals surface area contributed by atoms with Gasteiger partial charge in [0.15, 0.2) is 5.84 Å².